The molecule has 0 rings (SSSR count). The van der Waals surface area contributed by atoms with E-state index in [1.807, 2.05) is 0 Å². The van der Waals surface area contributed by atoms with Crippen molar-refractivity contribution in [3.8, 4) is 0 Å². The average molecular weight is 317 g/mol. The van der Waals surface area contributed by atoms with Crippen molar-refractivity contribution in [2.75, 3.05) is 0 Å². The number of carbonyl (C=O) groups excluding carboxylic acids is 1. The largest absolute Gasteiger partial charge is 1.00 e. The third-order valence-electron chi connectivity index (χ3n) is 3.03. The van der Waals surface area contributed by atoms with Gasteiger partial charge in [0.1, 0.15) is 0 Å². The average Bonchev–Trinajstić information content (AvgIpc) is 2.43. The zero-order chi connectivity index (χ0) is 14.9. The first-order valence-electron chi connectivity index (χ1n) is 7.92. The van der Waals surface area contributed by atoms with Crippen LogP contribution in [0.2, 0.25) is 0 Å². The van der Waals surface area contributed by atoms with Gasteiger partial charge in [-0.05, 0) is 44.9 Å². The van der Waals surface area contributed by atoms with Gasteiger partial charge in [-0.25, -0.2) is 0 Å². The number of aliphatic carboxylic acids is 1. The predicted molar refractivity (Wildman–Crippen MR) is 84.3 cm³/mol. The number of allylic oxidation sites excluding steroid dienone is 6. The fourth-order valence-corrected chi connectivity index (χ4v) is 1.89. The normalized spacial score (nSPS) is 11.5. The summed E-state index contributed by atoms with van der Waals surface area (Å²) < 4.78 is 0. The molecule has 0 aliphatic heterocycles. The Morgan fingerprint density at radius 3 is 1.95 bits per heavy atom. The molecule has 0 bridgehead atoms. The van der Waals surface area contributed by atoms with Crippen LogP contribution in [0.25, 0.3) is 0 Å². The molecule has 0 atom stereocenters. The number of carbonyl (C=O) groups is 1. The Labute approximate surface area is 173 Å². The van der Waals surface area contributed by atoms with Crippen molar-refractivity contribution in [2.24, 2.45) is 0 Å². The van der Waals surface area contributed by atoms with Crippen LogP contribution in [0.4, 0.5) is 0 Å². The van der Waals surface area contributed by atoms with Gasteiger partial charge in [0, 0.05) is 5.97 Å². The fraction of sp³-hybridized carbons (Fsp3) is 0.611. The molecule has 0 aromatic carbocycles. The Balaban J connectivity index is 0. The molecule has 0 aromatic rings. The van der Waals surface area contributed by atoms with Crippen LogP contribution in [0.3, 0.4) is 0 Å². The van der Waals surface area contributed by atoms with Gasteiger partial charge < -0.3 is 9.90 Å². The minimum absolute atomic E-state index is 0. The van der Waals surface area contributed by atoms with Gasteiger partial charge in [-0.2, -0.15) is 0 Å². The number of carboxylic acids is 1. The maximum Gasteiger partial charge on any atom is 1.00 e. The van der Waals surface area contributed by atoms with Crippen molar-refractivity contribution in [3.05, 3.63) is 36.5 Å². The molecule has 0 aromatic heterocycles. The van der Waals surface area contributed by atoms with Crippen LogP contribution in [0.1, 0.15) is 71.1 Å². The summed E-state index contributed by atoms with van der Waals surface area (Å²) in [6, 6.07) is 0. The van der Waals surface area contributed by atoms with E-state index >= 15 is 0 Å². The van der Waals surface area contributed by atoms with Gasteiger partial charge in [-0.1, -0.05) is 62.6 Å². The minimum atomic E-state index is -0.925. The molecule has 0 unspecified atom stereocenters. The molecular formula is C18H29KO2. The van der Waals surface area contributed by atoms with Crippen LogP contribution < -0.4 is 56.5 Å². The Hall–Kier alpha value is 0.326. The van der Waals surface area contributed by atoms with E-state index in [1.54, 1.807) is 0 Å². The molecule has 114 valence electrons. The SMILES string of the molecule is CC/C=C\C/C=C\C/C=C\CCCCCCCC(=O)[O-].[K+]. The van der Waals surface area contributed by atoms with Gasteiger partial charge in [0.15, 0.2) is 0 Å². The third kappa shape index (κ3) is 22.7. The van der Waals surface area contributed by atoms with Crippen molar-refractivity contribution in [2.45, 2.75) is 71.1 Å². The van der Waals surface area contributed by atoms with E-state index in [0.717, 1.165) is 44.9 Å². The third-order valence-corrected chi connectivity index (χ3v) is 3.03. The molecule has 0 heterocycles. The maximum atomic E-state index is 10.2. The number of unbranched alkanes of at least 4 members (excludes halogenated alkanes) is 5. The number of carboxylic acid groups (broad SMARTS) is 1. The summed E-state index contributed by atoms with van der Waals surface area (Å²) in [7, 11) is 0. The molecule has 0 saturated carbocycles. The first kappa shape index (κ1) is 23.6. The number of hydrogen-bond acceptors (Lipinski definition) is 2. The summed E-state index contributed by atoms with van der Waals surface area (Å²) in [6.07, 6.45) is 23.0. The molecule has 0 aliphatic rings. The van der Waals surface area contributed by atoms with Crippen LogP contribution in [-0.4, -0.2) is 5.97 Å². The second-order valence-electron chi connectivity index (χ2n) is 4.97. The van der Waals surface area contributed by atoms with E-state index in [-0.39, 0.29) is 57.8 Å². The zero-order valence-corrected chi connectivity index (χ0v) is 17.0. The van der Waals surface area contributed by atoms with Crippen LogP contribution in [0.5, 0.6) is 0 Å². The van der Waals surface area contributed by atoms with Crippen molar-refractivity contribution < 1.29 is 61.3 Å². The summed E-state index contributed by atoms with van der Waals surface area (Å²) in [5.41, 5.74) is 0. The maximum absolute atomic E-state index is 10.2. The monoisotopic (exact) mass is 316 g/mol. The number of hydrogen-bond donors (Lipinski definition) is 0. The first-order valence-corrected chi connectivity index (χ1v) is 7.92. The Bertz CT molecular complexity index is 306. The molecule has 0 amide bonds. The minimum Gasteiger partial charge on any atom is -0.550 e. The molecular weight excluding hydrogens is 287 g/mol. The second kappa shape index (κ2) is 20.3. The van der Waals surface area contributed by atoms with Crippen LogP contribution >= 0.6 is 0 Å². The standard InChI is InChI=1S/C18H30O2.K/c1-2-3-4-5-6-7-8-9-10-11-12-13-14-15-16-17-18(19)20;/h3-4,6-7,9-10H,2,5,8,11-17H2,1H3,(H,19,20);/q;+1/p-1/b4-3-,7-6-,10-9-;. The van der Waals surface area contributed by atoms with Crippen molar-refractivity contribution in [1.82, 2.24) is 0 Å². The van der Waals surface area contributed by atoms with E-state index < -0.39 is 5.97 Å². The zero-order valence-electron chi connectivity index (χ0n) is 13.9. The van der Waals surface area contributed by atoms with E-state index in [9.17, 15) is 9.90 Å². The van der Waals surface area contributed by atoms with Crippen molar-refractivity contribution in [1.29, 1.82) is 0 Å². The van der Waals surface area contributed by atoms with Gasteiger partial charge in [-0.3, -0.25) is 0 Å². The Kier molecular flexibility index (Phi) is 22.8. The quantitative estimate of drug-likeness (QED) is 0.292. The summed E-state index contributed by atoms with van der Waals surface area (Å²) in [4.78, 5) is 10.2. The number of rotatable bonds is 13. The topological polar surface area (TPSA) is 40.1 Å². The first-order chi connectivity index (χ1) is 9.77. The van der Waals surface area contributed by atoms with E-state index in [2.05, 4.69) is 43.4 Å². The molecule has 0 aliphatic carbocycles. The molecule has 3 heteroatoms. The molecule has 0 spiro atoms. The van der Waals surface area contributed by atoms with Gasteiger partial charge in [0.25, 0.3) is 0 Å². The van der Waals surface area contributed by atoms with Crippen LogP contribution in [0, 0.1) is 0 Å². The second-order valence-corrected chi connectivity index (χ2v) is 4.97. The van der Waals surface area contributed by atoms with Crippen LogP contribution in [0.15, 0.2) is 36.5 Å². The van der Waals surface area contributed by atoms with E-state index in [0.29, 0.717) is 0 Å². The molecule has 2 nitrogen and oxygen atoms in total. The summed E-state index contributed by atoms with van der Waals surface area (Å²) >= 11 is 0. The molecule has 21 heavy (non-hydrogen) atoms. The van der Waals surface area contributed by atoms with Crippen molar-refractivity contribution in [3.63, 3.8) is 0 Å². The Morgan fingerprint density at radius 1 is 0.810 bits per heavy atom. The smallest absolute Gasteiger partial charge is 0.550 e. The Morgan fingerprint density at radius 2 is 1.33 bits per heavy atom. The van der Waals surface area contributed by atoms with Gasteiger partial charge >= 0.3 is 51.4 Å². The van der Waals surface area contributed by atoms with E-state index in [1.165, 1.54) is 12.8 Å². The predicted octanol–water partition coefficient (Wildman–Crippen LogP) is 1.33. The van der Waals surface area contributed by atoms with Gasteiger partial charge in [0.05, 0.1) is 0 Å². The summed E-state index contributed by atoms with van der Waals surface area (Å²) in [6.45, 7) is 2.15. The molecule has 0 fully saturated rings. The van der Waals surface area contributed by atoms with Crippen LogP contribution in [-0.2, 0) is 4.79 Å². The van der Waals surface area contributed by atoms with Gasteiger partial charge in [-0.15, -0.1) is 0 Å². The molecule has 0 saturated heterocycles. The summed E-state index contributed by atoms with van der Waals surface area (Å²) in [5, 5.41) is 10.2. The van der Waals surface area contributed by atoms with Gasteiger partial charge in [0.2, 0.25) is 0 Å². The summed E-state index contributed by atoms with van der Waals surface area (Å²) in [5.74, 6) is -0.925. The molecule has 0 N–H and O–H groups in total. The molecule has 0 radical (unpaired) electrons. The van der Waals surface area contributed by atoms with Crippen molar-refractivity contribution >= 4 is 5.97 Å². The van der Waals surface area contributed by atoms with E-state index in [4.69, 9.17) is 0 Å². The fourth-order valence-electron chi connectivity index (χ4n) is 1.89.